The third-order valence-electron chi connectivity index (χ3n) is 3.81. The molecular weight excluding hydrogens is 360 g/mol. The van der Waals surface area contributed by atoms with Crippen LogP contribution in [0, 0.1) is 0 Å². The quantitative estimate of drug-likeness (QED) is 0.446. The molecule has 2 aromatic carbocycles. The van der Waals surface area contributed by atoms with Crippen molar-refractivity contribution in [2.75, 3.05) is 0 Å². The number of alkyl halides is 4. The zero-order chi connectivity index (χ0) is 16.1. The predicted molar refractivity (Wildman–Crippen MR) is 81.3 cm³/mol. The number of hydrogen-bond donors (Lipinski definition) is 0. The summed E-state index contributed by atoms with van der Waals surface area (Å²) in [6.07, 6.45) is 1.90. The van der Waals surface area contributed by atoms with Gasteiger partial charge < -0.3 is 0 Å². The molecule has 0 fully saturated rings. The number of rotatable bonds is 2. The van der Waals surface area contributed by atoms with Crippen molar-refractivity contribution in [2.24, 2.45) is 0 Å². The van der Waals surface area contributed by atoms with Crippen molar-refractivity contribution in [2.45, 2.75) is 18.3 Å². The van der Waals surface area contributed by atoms with E-state index < -0.39 is 23.0 Å². The Bertz CT molecular complexity index is 765. The van der Waals surface area contributed by atoms with Crippen LogP contribution in [-0.4, -0.2) is 0 Å². The van der Waals surface area contributed by atoms with Crippen molar-refractivity contribution in [1.82, 2.24) is 0 Å². The second-order valence-corrected chi connectivity index (χ2v) is 6.13. The van der Waals surface area contributed by atoms with Crippen LogP contribution >= 0.6 is 15.9 Å². The molecule has 0 amide bonds. The highest BCUT2D eigenvalue weighted by Gasteiger charge is 2.62. The molecule has 2 aromatic rings. The molecule has 0 saturated carbocycles. The Balaban J connectivity index is 2.34. The number of fused-ring (bicyclic) bond motifs is 3. The summed E-state index contributed by atoms with van der Waals surface area (Å²) in [7, 11) is 0. The average molecular weight is 371 g/mol. The van der Waals surface area contributed by atoms with E-state index in [0.717, 1.165) is 12.1 Å². The van der Waals surface area contributed by atoms with Crippen molar-refractivity contribution >= 4 is 15.9 Å². The van der Waals surface area contributed by atoms with Gasteiger partial charge in [-0.15, -0.1) is 6.58 Å². The highest BCUT2D eigenvalue weighted by molar-refractivity contribution is 9.10. The lowest BCUT2D eigenvalue weighted by Gasteiger charge is -2.35. The molecule has 1 aliphatic carbocycles. The Kier molecular flexibility index (Phi) is 3.44. The Labute approximate surface area is 133 Å². The minimum absolute atomic E-state index is 0.138. The number of halogens is 5. The molecule has 0 heterocycles. The molecule has 0 saturated heterocycles. The fourth-order valence-corrected chi connectivity index (χ4v) is 3.09. The van der Waals surface area contributed by atoms with E-state index in [1.54, 1.807) is 18.2 Å². The maximum Gasteiger partial charge on any atom is 0.340 e. The van der Waals surface area contributed by atoms with Gasteiger partial charge >= 0.3 is 11.8 Å². The molecule has 0 atom stereocenters. The first-order chi connectivity index (χ1) is 10.3. The summed E-state index contributed by atoms with van der Waals surface area (Å²) in [4.78, 5) is 0. The maximum atomic E-state index is 14.4. The molecule has 22 heavy (non-hydrogen) atoms. The molecular formula is C17H11BrF4. The minimum atomic E-state index is -4.26. The second kappa shape index (κ2) is 4.95. The molecule has 1 aliphatic rings. The summed E-state index contributed by atoms with van der Waals surface area (Å²) in [5, 5.41) is 0. The first kappa shape index (κ1) is 15.3. The summed E-state index contributed by atoms with van der Waals surface area (Å²) >= 11 is 3.06. The number of allylic oxidation sites excluding steroid dienone is 1. The van der Waals surface area contributed by atoms with Gasteiger partial charge in [0.2, 0.25) is 0 Å². The highest BCUT2D eigenvalue weighted by Crippen LogP contribution is 2.58. The summed E-state index contributed by atoms with van der Waals surface area (Å²) in [5.41, 5.74) is -0.474. The molecule has 114 valence electrons. The van der Waals surface area contributed by atoms with Crippen molar-refractivity contribution in [3.05, 3.63) is 70.2 Å². The molecule has 0 bridgehead atoms. The zero-order valence-corrected chi connectivity index (χ0v) is 12.9. The first-order valence-electron chi connectivity index (χ1n) is 6.59. The Hall–Kier alpha value is -1.62. The maximum absolute atomic E-state index is 14.4. The van der Waals surface area contributed by atoms with Crippen molar-refractivity contribution < 1.29 is 17.6 Å². The van der Waals surface area contributed by atoms with E-state index in [1.807, 2.05) is 0 Å². The zero-order valence-electron chi connectivity index (χ0n) is 11.3. The van der Waals surface area contributed by atoms with Gasteiger partial charge in [-0.25, -0.2) is 0 Å². The van der Waals surface area contributed by atoms with Gasteiger partial charge in [0.25, 0.3) is 0 Å². The molecule has 3 rings (SSSR count). The Morgan fingerprint density at radius 1 is 0.909 bits per heavy atom. The van der Waals surface area contributed by atoms with Gasteiger partial charge in [0, 0.05) is 15.6 Å². The van der Waals surface area contributed by atoms with Crippen LogP contribution in [0.25, 0.3) is 11.1 Å². The van der Waals surface area contributed by atoms with Gasteiger partial charge in [0.1, 0.15) is 0 Å². The van der Waals surface area contributed by atoms with Gasteiger partial charge in [-0.3, -0.25) is 0 Å². The Morgan fingerprint density at radius 2 is 1.45 bits per heavy atom. The van der Waals surface area contributed by atoms with Crippen molar-refractivity contribution in [1.29, 1.82) is 0 Å². The van der Waals surface area contributed by atoms with E-state index in [1.165, 1.54) is 12.1 Å². The molecule has 0 radical (unpaired) electrons. The lowest BCUT2D eigenvalue weighted by Crippen LogP contribution is -2.39. The highest BCUT2D eigenvalue weighted by atomic mass is 79.9. The van der Waals surface area contributed by atoms with Gasteiger partial charge in [-0.1, -0.05) is 40.2 Å². The molecule has 0 unspecified atom stereocenters. The van der Waals surface area contributed by atoms with E-state index in [-0.39, 0.29) is 11.1 Å². The van der Waals surface area contributed by atoms with Crippen LogP contribution in [0.15, 0.2) is 53.5 Å². The summed E-state index contributed by atoms with van der Waals surface area (Å²) in [6.45, 7) is 3.54. The van der Waals surface area contributed by atoms with Crippen molar-refractivity contribution in [3.63, 3.8) is 0 Å². The van der Waals surface area contributed by atoms with E-state index in [2.05, 4.69) is 22.5 Å². The smallest absolute Gasteiger partial charge is 0.194 e. The number of benzene rings is 2. The molecule has 0 spiro atoms. The van der Waals surface area contributed by atoms with Crippen LogP contribution in [0.2, 0.25) is 0 Å². The standard InChI is InChI=1S/C17H11BrF4/c1-2-3-10-4-6-12-13-7-5-11(18)9-15(13)17(21,22)16(19,20)14(12)8-10/h2,4-9H,1,3H2. The normalized spacial score (nSPS) is 17.5. The number of hydrogen-bond acceptors (Lipinski definition) is 0. The fourth-order valence-electron chi connectivity index (χ4n) is 2.73. The fraction of sp³-hybridized carbons (Fsp3) is 0.176. The Morgan fingerprint density at radius 3 is 2.05 bits per heavy atom. The van der Waals surface area contributed by atoms with E-state index in [4.69, 9.17) is 0 Å². The van der Waals surface area contributed by atoms with E-state index in [9.17, 15) is 17.6 Å². The van der Waals surface area contributed by atoms with Crippen LogP contribution in [0.5, 0.6) is 0 Å². The van der Waals surface area contributed by atoms with Gasteiger partial charge in [0.15, 0.2) is 0 Å². The first-order valence-corrected chi connectivity index (χ1v) is 7.38. The van der Waals surface area contributed by atoms with Gasteiger partial charge in [-0.2, -0.15) is 17.6 Å². The monoisotopic (exact) mass is 370 g/mol. The SMILES string of the molecule is C=CCc1ccc2c(c1)C(F)(F)C(F)(F)c1cc(Br)ccc1-2. The largest absolute Gasteiger partial charge is 0.340 e. The lowest BCUT2D eigenvalue weighted by atomic mass is 9.80. The molecule has 0 aliphatic heterocycles. The van der Waals surface area contributed by atoms with E-state index in [0.29, 0.717) is 16.5 Å². The van der Waals surface area contributed by atoms with Crippen molar-refractivity contribution in [3.8, 4) is 11.1 Å². The molecule has 0 aromatic heterocycles. The summed E-state index contributed by atoms with van der Waals surface area (Å²) in [5.74, 6) is -8.51. The van der Waals surface area contributed by atoms with Crippen LogP contribution in [0.3, 0.4) is 0 Å². The topological polar surface area (TPSA) is 0 Å². The van der Waals surface area contributed by atoms with Gasteiger partial charge in [-0.05, 0) is 41.3 Å². The average Bonchev–Trinajstić information content (AvgIpc) is 2.46. The van der Waals surface area contributed by atoms with Crippen LogP contribution in [0.1, 0.15) is 16.7 Å². The lowest BCUT2D eigenvalue weighted by molar-refractivity contribution is -0.225. The van der Waals surface area contributed by atoms with Gasteiger partial charge in [0.05, 0.1) is 0 Å². The molecule has 5 heteroatoms. The van der Waals surface area contributed by atoms with Crippen LogP contribution in [0.4, 0.5) is 17.6 Å². The molecule has 0 nitrogen and oxygen atoms in total. The predicted octanol–water partition coefficient (Wildman–Crippen LogP) is 6.04. The summed E-state index contributed by atoms with van der Waals surface area (Å²) in [6, 6.07) is 8.35. The third-order valence-corrected chi connectivity index (χ3v) is 4.30. The van der Waals surface area contributed by atoms with Crippen LogP contribution in [-0.2, 0) is 18.3 Å². The summed E-state index contributed by atoms with van der Waals surface area (Å²) < 4.78 is 57.9. The molecule has 0 N–H and O–H groups in total. The minimum Gasteiger partial charge on any atom is -0.194 e. The third kappa shape index (κ3) is 2.02. The van der Waals surface area contributed by atoms with Crippen LogP contribution < -0.4 is 0 Å². The van der Waals surface area contributed by atoms with E-state index >= 15 is 0 Å². The second-order valence-electron chi connectivity index (χ2n) is 5.21.